The summed E-state index contributed by atoms with van der Waals surface area (Å²) in [6.45, 7) is 0. The van der Waals surface area contributed by atoms with Crippen LogP contribution in [0.25, 0.3) is 22.8 Å². The third-order valence-electron chi connectivity index (χ3n) is 2.65. The molecule has 0 aliphatic carbocycles. The molecule has 19 heavy (non-hydrogen) atoms. The molecule has 0 aliphatic rings. The van der Waals surface area contributed by atoms with Crippen LogP contribution in [0.4, 0.5) is 4.39 Å². The summed E-state index contributed by atoms with van der Waals surface area (Å²) in [5, 5.41) is 13.5. The van der Waals surface area contributed by atoms with Gasteiger partial charge in [-0.1, -0.05) is 35.5 Å². The highest BCUT2D eigenvalue weighted by atomic mass is 19.1. The van der Waals surface area contributed by atoms with E-state index in [1.54, 1.807) is 0 Å². The summed E-state index contributed by atoms with van der Waals surface area (Å²) in [7, 11) is 0. The van der Waals surface area contributed by atoms with Crippen molar-refractivity contribution in [1.29, 1.82) is 0 Å². The summed E-state index contributed by atoms with van der Waals surface area (Å²) < 4.78 is 18.0. The molecule has 5 heteroatoms. The number of hydrogen-bond donors (Lipinski definition) is 1. The molecule has 0 saturated heterocycles. The van der Waals surface area contributed by atoms with Gasteiger partial charge in [0.1, 0.15) is 11.6 Å². The van der Waals surface area contributed by atoms with Gasteiger partial charge >= 0.3 is 0 Å². The standard InChI is InChI=1S/C14H9FN2O2/c15-10-6-7-11(12(18)8-10)14-16-13(17-19-14)9-4-2-1-3-5-9/h1-8,18H. The molecule has 3 aromatic rings. The predicted molar refractivity (Wildman–Crippen MR) is 66.8 cm³/mol. The summed E-state index contributed by atoms with van der Waals surface area (Å²) >= 11 is 0. The van der Waals surface area contributed by atoms with E-state index >= 15 is 0 Å². The van der Waals surface area contributed by atoms with Crippen molar-refractivity contribution in [3.05, 3.63) is 54.3 Å². The average molecular weight is 256 g/mol. The Balaban J connectivity index is 2.02. The van der Waals surface area contributed by atoms with Gasteiger partial charge in [-0.05, 0) is 12.1 Å². The van der Waals surface area contributed by atoms with Crippen molar-refractivity contribution in [3.8, 4) is 28.6 Å². The Labute approximate surface area is 108 Å². The molecule has 94 valence electrons. The number of aromatic hydroxyl groups is 1. The Bertz CT molecular complexity index is 710. The van der Waals surface area contributed by atoms with Gasteiger partial charge in [-0.25, -0.2) is 4.39 Å². The summed E-state index contributed by atoms with van der Waals surface area (Å²) in [4.78, 5) is 4.18. The van der Waals surface area contributed by atoms with Crippen molar-refractivity contribution in [2.45, 2.75) is 0 Å². The molecule has 0 saturated carbocycles. The molecule has 4 nitrogen and oxygen atoms in total. The van der Waals surface area contributed by atoms with Crippen molar-refractivity contribution in [2.24, 2.45) is 0 Å². The van der Waals surface area contributed by atoms with E-state index in [1.165, 1.54) is 12.1 Å². The second-order valence-corrected chi connectivity index (χ2v) is 3.95. The third-order valence-corrected chi connectivity index (χ3v) is 2.65. The number of hydrogen-bond acceptors (Lipinski definition) is 4. The lowest BCUT2D eigenvalue weighted by Crippen LogP contribution is -1.82. The molecular weight excluding hydrogens is 247 g/mol. The molecule has 0 spiro atoms. The Morgan fingerprint density at radius 1 is 1.05 bits per heavy atom. The second kappa shape index (κ2) is 4.53. The van der Waals surface area contributed by atoms with E-state index < -0.39 is 5.82 Å². The molecule has 0 atom stereocenters. The molecule has 2 aromatic carbocycles. The van der Waals surface area contributed by atoms with Crippen LogP contribution >= 0.6 is 0 Å². The lowest BCUT2D eigenvalue weighted by atomic mass is 10.2. The topological polar surface area (TPSA) is 59.2 Å². The lowest BCUT2D eigenvalue weighted by Gasteiger charge is -1.98. The highest BCUT2D eigenvalue weighted by Gasteiger charge is 2.14. The molecule has 0 fully saturated rings. The first-order valence-corrected chi connectivity index (χ1v) is 5.62. The molecule has 0 amide bonds. The highest BCUT2D eigenvalue weighted by Crippen LogP contribution is 2.29. The van der Waals surface area contributed by atoms with Gasteiger partial charge < -0.3 is 9.63 Å². The van der Waals surface area contributed by atoms with Gasteiger partial charge in [-0.3, -0.25) is 0 Å². The van der Waals surface area contributed by atoms with Crippen molar-refractivity contribution in [3.63, 3.8) is 0 Å². The summed E-state index contributed by atoms with van der Waals surface area (Å²) in [6.07, 6.45) is 0. The molecule has 1 N–H and O–H groups in total. The maximum atomic E-state index is 12.9. The maximum absolute atomic E-state index is 12.9. The monoisotopic (exact) mass is 256 g/mol. The zero-order valence-electron chi connectivity index (χ0n) is 9.75. The summed E-state index contributed by atoms with van der Waals surface area (Å²) in [5.74, 6) is -0.192. The van der Waals surface area contributed by atoms with Crippen molar-refractivity contribution < 1.29 is 14.0 Å². The van der Waals surface area contributed by atoms with Gasteiger partial charge in [0, 0.05) is 11.6 Å². The van der Waals surface area contributed by atoms with Crippen LogP contribution in [0, 0.1) is 5.82 Å². The van der Waals surface area contributed by atoms with E-state index in [0.717, 1.165) is 11.6 Å². The molecule has 0 radical (unpaired) electrons. The zero-order chi connectivity index (χ0) is 13.2. The quantitative estimate of drug-likeness (QED) is 0.764. The molecule has 0 bridgehead atoms. The van der Waals surface area contributed by atoms with E-state index in [4.69, 9.17) is 4.52 Å². The van der Waals surface area contributed by atoms with Crippen LogP contribution < -0.4 is 0 Å². The molecule has 0 unspecified atom stereocenters. The van der Waals surface area contributed by atoms with Gasteiger partial charge in [0.2, 0.25) is 5.82 Å². The van der Waals surface area contributed by atoms with E-state index in [9.17, 15) is 9.50 Å². The highest BCUT2D eigenvalue weighted by molar-refractivity contribution is 5.64. The third kappa shape index (κ3) is 2.18. The van der Waals surface area contributed by atoms with Crippen LogP contribution in [-0.4, -0.2) is 15.2 Å². The minimum Gasteiger partial charge on any atom is -0.507 e. The molecule has 1 heterocycles. The number of rotatable bonds is 2. The lowest BCUT2D eigenvalue weighted by molar-refractivity contribution is 0.425. The fraction of sp³-hybridized carbons (Fsp3) is 0. The SMILES string of the molecule is Oc1cc(F)ccc1-c1nc(-c2ccccc2)no1. The van der Waals surface area contributed by atoms with E-state index in [-0.39, 0.29) is 11.6 Å². The van der Waals surface area contributed by atoms with Gasteiger partial charge in [-0.15, -0.1) is 0 Å². The minimum absolute atomic E-state index is 0.149. The fourth-order valence-corrected chi connectivity index (χ4v) is 1.72. The van der Waals surface area contributed by atoms with Crippen molar-refractivity contribution >= 4 is 0 Å². The van der Waals surface area contributed by atoms with Crippen LogP contribution in [0.3, 0.4) is 0 Å². The first-order chi connectivity index (χ1) is 9.24. The first-order valence-electron chi connectivity index (χ1n) is 5.62. The fourth-order valence-electron chi connectivity index (χ4n) is 1.72. The number of phenolic OH excluding ortho intramolecular Hbond substituents is 1. The van der Waals surface area contributed by atoms with Crippen LogP contribution in [0.1, 0.15) is 0 Å². The largest absolute Gasteiger partial charge is 0.507 e. The Hall–Kier alpha value is -2.69. The van der Waals surface area contributed by atoms with Crippen LogP contribution in [-0.2, 0) is 0 Å². The van der Waals surface area contributed by atoms with Crippen molar-refractivity contribution in [1.82, 2.24) is 10.1 Å². The van der Waals surface area contributed by atoms with Gasteiger partial charge in [-0.2, -0.15) is 4.98 Å². The Morgan fingerprint density at radius 3 is 2.58 bits per heavy atom. The van der Waals surface area contributed by atoms with Gasteiger partial charge in [0.15, 0.2) is 0 Å². The second-order valence-electron chi connectivity index (χ2n) is 3.95. The normalized spacial score (nSPS) is 10.6. The van der Waals surface area contributed by atoms with Crippen LogP contribution in [0.2, 0.25) is 0 Å². The summed E-state index contributed by atoms with van der Waals surface area (Å²) in [6, 6.07) is 12.9. The predicted octanol–water partition coefficient (Wildman–Crippen LogP) is 3.25. The maximum Gasteiger partial charge on any atom is 0.262 e. The number of halogens is 1. The van der Waals surface area contributed by atoms with Gasteiger partial charge in [0.25, 0.3) is 5.89 Å². The van der Waals surface area contributed by atoms with Crippen LogP contribution in [0.15, 0.2) is 53.1 Å². The molecule has 1 aromatic heterocycles. The number of nitrogens with zero attached hydrogens (tertiary/aromatic N) is 2. The van der Waals surface area contributed by atoms with E-state index in [1.807, 2.05) is 30.3 Å². The van der Waals surface area contributed by atoms with Crippen molar-refractivity contribution in [2.75, 3.05) is 0 Å². The zero-order valence-corrected chi connectivity index (χ0v) is 9.75. The smallest absolute Gasteiger partial charge is 0.262 e. The first kappa shape index (κ1) is 11.4. The summed E-state index contributed by atoms with van der Waals surface area (Å²) in [5.41, 5.74) is 1.11. The Morgan fingerprint density at radius 2 is 1.84 bits per heavy atom. The van der Waals surface area contributed by atoms with E-state index in [0.29, 0.717) is 11.4 Å². The van der Waals surface area contributed by atoms with Gasteiger partial charge in [0.05, 0.1) is 5.56 Å². The minimum atomic E-state index is -0.524. The molecule has 3 rings (SSSR count). The molecule has 0 aliphatic heterocycles. The number of phenols is 1. The Kier molecular flexibility index (Phi) is 2.72. The van der Waals surface area contributed by atoms with Crippen LogP contribution in [0.5, 0.6) is 5.75 Å². The molecular formula is C14H9FN2O2. The van der Waals surface area contributed by atoms with E-state index in [2.05, 4.69) is 10.1 Å². The number of benzene rings is 2. The average Bonchev–Trinajstić information content (AvgIpc) is 2.89. The number of aromatic nitrogens is 2.